The van der Waals surface area contributed by atoms with Gasteiger partial charge in [0.2, 0.25) is 0 Å². The molecule has 234 valence electrons. The molecule has 0 amide bonds. The normalized spacial score (nSPS) is 22.0. The van der Waals surface area contributed by atoms with Crippen molar-refractivity contribution in [3.05, 3.63) is 138 Å². The van der Waals surface area contributed by atoms with E-state index in [1.165, 1.54) is 3.97 Å². The van der Waals surface area contributed by atoms with Crippen molar-refractivity contribution < 1.29 is 32.5 Å². The molecule has 45 heavy (non-hydrogen) atoms. The lowest BCUT2D eigenvalue weighted by Crippen LogP contribution is -2.60. The van der Waals surface area contributed by atoms with Crippen LogP contribution < -0.4 is 0 Å². The van der Waals surface area contributed by atoms with Crippen molar-refractivity contribution in [3.63, 3.8) is 0 Å². The van der Waals surface area contributed by atoms with Gasteiger partial charge in [0.15, 0.2) is 11.9 Å². The number of fused-ring (bicyclic) bond motifs is 1. The maximum Gasteiger partial charge on any atom is 0.268 e. The Kier molecular flexibility index (Phi) is 9.46. The van der Waals surface area contributed by atoms with Gasteiger partial charge < -0.3 is 24.1 Å². The summed E-state index contributed by atoms with van der Waals surface area (Å²) in [6.45, 7) is 2.34. The van der Waals surface area contributed by atoms with Crippen molar-refractivity contribution in [2.75, 3.05) is 13.2 Å². The Labute approximate surface area is 263 Å². The number of aliphatic hydroxyl groups excluding tert-OH is 1. The second-order valence-corrected chi connectivity index (χ2v) is 12.8. The molecule has 1 aromatic heterocycles. The third kappa shape index (κ3) is 6.20. The predicted molar refractivity (Wildman–Crippen MR) is 171 cm³/mol. The lowest BCUT2D eigenvalue weighted by atomic mass is 9.81. The smallest absolute Gasteiger partial charge is 0.268 e. The second-order valence-electron chi connectivity index (χ2n) is 11.0. The number of benzene rings is 4. The zero-order valence-electron chi connectivity index (χ0n) is 25.1. The summed E-state index contributed by atoms with van der Waals surface area (Å²) in [6, 6.07) is 35.2. The lowest BCUT2D eigenvalue weighted by Gasteiger charge is -2.50. The molecule has 0 radical (unpaired) electrons. The van der Waals surface area contributed by atoms with Gasteiger partial charge >= 0.3 is 0 Å². The van der Waals surface area contributed by atoms with E-state index in [0.717, 1.165) is 11.1 Å². The van der Waals surface area contributed by atoms with E-state index in [1.54, 1.807) is 42.6 Å². The molecular weight excluding hydrogens is 590 g/mol. The number of hydrogen-bond acceptors (Lipinski definition) is 7. The number of para-hydroxylation sites is 1. The number of hydrogen-bond donors (Lipinski definition) is 1. The molecule has 1 saturated heterocycles. The SMILES string of the molecule is CCO[C@H]1O[C@H](CO)C[C@H](OCc2ccccc2)[C@]1(OCc1ccccc1)c1cn(S(=O)(=O)c2ccccc2)c2ccccc12. The summed E-state index contributed by atoms with van der Waals surface area (Å²) in [5, 5.41) is 10.9. The summed E-state index contributed by atoms with van der Waals surface area (Å²) in [7, 11) is -4.00. The van der Waals surface area contributed by atoms with Gasteiger partial charge in [0.05, 0.1) is 42.4 Å². The molecule has 8 nitrogen and oxygen atoms in total. The topological polar surface area (TPSA) is 96.2 Å². The average Bonchev–Trinajstić information content (AvgIpc) is 3.49. The van der Waals surface area contributed by atoms with Crippen molar-refractivity contribution in [3.8, 4) is 0 Å². The highest BCUT2D eigenvalue weighted by Gasteiger charge is 2.57. The first kappa shape index (κ1) is 31.2. The van der Waals surface area contributed by atoms with Crippen LogP contribution in [0, 0.1) is 0 Å². The lowest BCUT2D eigenvalue weighted by molar-refractivity contribution is -0.343. The summed E-state index contributed by atoms with van der Waals surface area (Å²) in [5.74, 6) is 0. The number of ether oxygens (including phenoxy) is 4. The van der Waals surface area contributed by atoms with Crippen LogP contribution in [-0.4, -0.2) is 49.2 Å². The van der Waals surface area contributed by atoms with Gasteiger partial charge in [-0.1, -0.05) is 97.1 Å². The van der Waals surface area contributed by atoms with Gasteiger partial charge in [-0.25, -0.2) is 12.4 Å². The van der Waals surface area contributed by atoms with Gasteiger partial charge in [-0.2, -0.15) is 0 Å². The van der Waals surface area contributed by atoms with E-state index in [1.807, 2.05) is 85.8 Å². The van der Waals surface area contributed by atoms with Crippen LogP contribution in [0.1, 0.15) is 30.0 Å². The standard InChI is InChI=1S/C36H37NO7S/c1-2-41-35-36(43-26-28-16-8-4-9-17-28,34(22-29(24-38)44-35)42-25-27-14-6-3-7-15-27)32-23-37(33-21-13-12-20-31(32)33)45(39,40)30-18-10-5-11-19-30/h3-21,23,29,34-35,38H,2,22,24-26H2,1H3/t29-,34-,35-,36+/m0/s1. The molecule has 1 fully saturated rings. The molecule has 1 aliphatic rings. The van der Waals surface area contributed by atoms with Crippen LogP contribution >= 0.6 is 0 Å². The summed E-state index contributed by atoms with van der Waals surface area (Å²) in [6.07, 6.45) is -0.408. The Morgan fingerprint density at radius 1 is 0.822 bits per heavy atom. The molecule has 0 bridgehead atoms. The molecule has 5 aromatic rings. The first-order chi connectivity index (χ1) is 22.0. The minimum atomic E-state index is -4.00. The number of nitrogens with zero attached hydrogens (tertiary/aromatic N) is 1. The van der Waals surface area contributed by atoms with Crippen LogP contribution in [0.25, 0.3) is 10.9 Å². The molecule has 4 atom stereocenters. The van der Waals surface area contributed by atoms with E-state index in [9.17, 15) is 13.5 Å². The quantitative estimate of drug-likeness (QED) is 0.181. The Bertz CT molecular complexity index is 1800. The number of rotatable bonds is 12. The molecule has 1 aliphatic heterocycles. The van der Waals surface area contributed by atoms with Crippen LogP contribution in [-0.2, 0) is 47.8 Å². The molecule has 0 spiro atoms. The minimum absolute atomic E-state index is 0.162. The molecule has 0 saturated carbocycles. The van der Waals surface area contributed by atoms with Crippen LogP contribution in [0.3, 0.4) is 0 Å². The van der Waals surface area contributed by atoms with Crippen molar-refractivity contribution in [1.29, 1.82) is 0 Å². The third-order valence-electron chi connectivity index (χ3n) is 8.16. The first-order valence-electron chi connectivity index (χ1n) is 15.1. The fourth-order valence-electron chi connectivity index (χ4n) is 5.97. The molecule has 0 unspecified atom stereocenters. The molecular formula is C36H37NO7S. The van der Waals surface area contributed by atoms with Crippen molar-refractivity contribution in [1.82, 2.24) is 3.97 Å². The van der Waals surface area contributed by atoms with Crippen LogP contribution in [0.4, 0.5) is 0 Å². The first-order valence-corrected chi connectivity index (χ1v) is 16.5. The summed E-state index contributed by atoms with van der Waals surface area (Å²) in [5.41, 5.74) is 1.49. The fourth-order valence-corrected chi connectivity index (χ4v) is 7.36. The minimum Gasteiger partial charge on any atom is -0.394 e. The summed E-state index contributed by atoms with van der Waals surface area (Å²) in [4.78, 5) is 0.162. The molecule has 1 N–H and O–H groups in total. The highest BCUT2D eigenvalue weighted by molar-refractivity contribution is 7.90. The molecule has 6 rings (SSSR count). The third-order valence-corrected chi connectivity index (χ3v) is 9.84. The fraction of sp³-hybridized carbons (Fsp3) is 0.278. The van der Waals surface area contributed by atoms with E-state index < -0.39 is 34.1 Å². The molecule has 4 aromatic carbocycles. The number of aromatic nitrogens is 1. The van der Waals surface area contributed by atoms with Gasteiger partial charge in [0, 0.05) is 30.2 Å². The monoisotopic (exact) mass is 627 g/mol. The van der Waals surface area contributed by atoms with Crippen LogP contribution in [0.5, 0.6) is 0 Å². The zero-order valence-corrected chi connectivity index (χ0v) is 25.9. The van der Waals surface area contributed by atoms with Crippen molar-refractivity contribution in [2.24, 2.45) is 0 Å². The van der Waals surface area contributed by atoms with Gasteiger partial charge in [-0.15, -0.1) is 0 Å². The second kappa shape index (κ2) is 13.7. The largest absolute Gasteiger partial charge is 0.394 e. The van der Waals surface area contributed by atoms with Gasteiger partial charge in [-0.05, 0) is 36.2 Å². The highest BCUT2D eigenvalue weighted by atomic mass is 32.2. The number of aliphatic hydroxyl groups is 1. The molecule has 9 heteroatoms. The van der Waals surface area contributed by atoms with Crippen molar-refractivity contribution >= 4 is 20.9 Å². The maximum absolute atomic E-state index is 14.1. The highest BCUT2D eigenvalue weighted by Crippen LogP contribution is 2.47. The van der Waals surface area contributed by atoms with Crippen LogP contribution in [0.15, 0.2) is 126 Å². The summed E-state index contributed by atoms with van der Waals surface area (Å²) >= 11 is 0. The Balaban J connectivity index is 1.57. The Morgan fingerprint density at radius 3 is 2.07 bits per heavy atom. The summed E-state index contributed by atoms with van der Waals surface area (Å²) < 4.78 is 55.9. The Morgan fingerprint density at radius 2 is 1.42 bits per heavy atom. The molecule has 0 aliphatic carbocycles. The predicted octanol–water partition coefficient (Wildman–Crippen LogP) is 6.02. The zero-order chi connectivity index (χ0) is 31.3. The maximum atomic E-state index is 14.1. The molecule has 2 heterocycles. The van der Waals surface area contributed by atoms with Gasteiger partial charge in [0.1, 0.15) is 0 Å². The van der Waals surface area contributed by atoms with E-state index in [-0.39, 0.29) is 37.7 Å². The average molecular weight is 628 g/mol. The van der Waals surface area contributed by atoms with Crippen LogP contribution in [0.2, 0.25) is 0 Å². The Hall–Kier alpha value is -3.83. The van der Waals surface area contributed by atoms with E-state index >= 15 is 0 Å². The van der Waals surface area contributed by atoms with E-state index in [0.29, 0.717) is 16.5 Å². The van der Waals surface area contributed by atoms with E-state index in [2.05, 4.69) is 0 Å². The van der Waals surface area contributed by atoms with Gasteiger partial charge in [0.25, 0.3) is 10.0 Å². The van der Waals surface area contributed by atoms with Gasteiger partial charge in [-0.3, -0.25) is 0 Å². The van der Waals surface area contributed by atoms with Crippen molar-refractivity contribution in [2.45, 2.75) is 55.6 Å². The van der Waals surface area contributed by atoms with E-state index in [4.69, 9.17) is 18.9 Å².